The zero-order chi connectivity index (χ0) is 4.24. The number of pyridine rings is 1. The fourth-order valence-electron chi connectivity index (χ4n) is 0.313. The standard InChI is InChI=1S/C5H5N.B.H2/c1-2-4-6-5-3-1;;/h1-5H;;1H. The SMILES string of the molecule is [B].[HH].c1ccncc1. The minimum Gasteiger partial charge on any atom is -0.265 e. The minimum atomic E-state index is 0. The molecule has 0 amide bonds. The molecular weight excluding hydrogens is 84.9 g/mol. The minimum absolute atomic E-state index is 0. The Morgan fingerprint density at radius 3 is 1.71 bits per heavy atom. The third-order valence-corrected chi connectivity index (χ3v) is 0.566. The van der Waals surface area contributed by atoms with Gasteiger partial charge in [-0.15, -0.1) is 0 Å². The lowest BCUT2D eigenvalue weighted by atomic mass is 10.5. The van der Waals surface area contributed by atoms with Gasteiger partial charge >= 0.3 is 0 Å². The van der Waals surface area contributed by atoms with E-state index < -0.39 is 0 Å². The summed E-state index contributed by atoms with van der Waals surface area (Å²) in [6.45, 7) is 0. The van der Waals surface area contributed by atoms with Crippen LogP contribution in [0.25, 0.3) is 0 Å². The van der Waals surface area contributed by atoms with Crippen LogP contribution in [0.5, 0.6) is 0 Å². The Kier molecular flexibility index (Phi) is 3.02. The predicted octanol–water partition coefficient (Wildman–Crippen LogP) is 0.947. The van der Waals surface area contributed by atoms with Crippen molar-refractivity contribution in [3.8, 4) is 0 Å². The Bertz CT molecular complexity index is 84.4. The molecule has 0 aliphatic rings. The summed E-state index contributed by atoms with van der Waals surface area (Å²) < 4.78 is 0. The van der Waals surface area contributed by atoms with Crippen molar-refractivity contribution in [2.24, 2.45) is 0 Å². The van der Waals surface area contributed by atoms with Crippen LogP contribution in [0.2, 0.25) is 0 Å². The van der Waals surface area contributed by atoms with Crippen molar-refractivity contribution in [1.29, 1.82) is 0 Å². The number of hydrogen-bond donors (Lipinski definition) is 0. The summed E-state index contributed by atoms with van der Waals surface area (Å²) in [4.78, 5) is 3.78. The van der Waals surface area contributed by atoms with E-state index in [-0.39, 0.29) is 9.84 Å². The molecule has 0 saturated heterocycles. The van der Waals surface area contributed by atoms with Crippen LogP contribution in [0.15, 0.2) is 30.6 Å². The highest BCUT2D eigenvalue weighted by molar-refractivity contribution is 5.75. The van der Waals surface area contributed by atoms with Crippen molar-refractivity contribution < 1.29 is 1.43 Å². The molecule has 1 heterocycles. The summed E-state index contributed by atoms with van der Waals surface area (Å²) in [6.07, 6.45) is 3.50. The molecule has 0 unspecified atom stereocenters. The van der Waals surface area contributed by atoms with Crippen molar-refractivity contribution >= 4 is 8.41 Å². The quantitative estimate of drug-likeness (QED) is 0.434. The first-order valence-corrected chi connectivity index (χ1v) is 1.85. The molecule has 0 aromatic carbocycles. The summed E-state index contributed by atoms with van der Waals surface area (Å²) >= 11 is 0. The molecule has 0 aliphatic carbocycles. The molecule has 0 spiro atoms. The van der Waals surface area contributed by atoms with Gasteiger partial charge in [-0.25, -0.2) is 0 Å². The summed E-state index contributed by atoms with van der Waals surface area (Å²) in [7, 11) is 0. The van der Waals surface area contributed by atoms with Crippen LogP contribution in [0.4, 0.5) is 0 Å². The van der Waals surface area contributed by atoms with Crippen LogP contribution < -0.4 is 0 Å². The first kappa shape index (κ1) is 6.21. The second-order valence-corrected chi connectivity index (χ2v) is 1.02. The highest BCUT2D eigenvalue weighted by Crippen LogP contribution is 1.73. The lowest BCUT2D eigenvalue weighted by Gasteiger charge is -1.70. The number of rotatable bonds is 0. The van der Waals surface area contributed by atoms with Gasteiger partial charge in [0.2, 0.25) is 0 Å². The van der Waals surface area contributed by atoms with Crippen LogP contribution in [-0.2, 0) is 0 Å². The van der Waals surface area contributed by atoms with E-state index in [1.807, 2.05) is 18.2 Å². The molecule has 2 heteroatoms. The van der Waals surface area contributed by atoms with Gasteiger partial charge in [0.15, 0.2) is 0 Å². The van der Waals surface area contributed by atoms with E-state index in [0.717, 1.165) is 0 Å². The molecular formula is C5H7BN. The molecule has 1 rings (SSSR count). The largest absolute Gasteiger partial charge is 0.265 e. The van der Waals surface area contributed by atoms with Crippen molar-refractivity contribution in [2.45, 2.75) is 0 Å². The van der Waals surface area contributed by atoms with Gasteiger partial charge in [0.1, 0.15) is 0 Å². The molecule has 0 saturated carbocycles. The monoisotopic (exact) mass is 92.1 g/mol. The first-order chi connectivity index (χ1) is 3.00. The van der Waals surface area contributed by atoms with Gasteiger partial charge < -0.3 is 0 Å². The van der Waals surface area contributed by atoms with Crippen LogP contribution in [0.3, 0.4) is 0 Å². The van der Waals surface area contributed by atoms with Crippen LogP contribution in [0.1, 0.15) is 1.43 Å². The Hall–Kier alpha value is -0.785. The summed E-state index contributed by atoms with van der Waals surface area (Å²) in [5, 5.41) is 0. The highest BCUT2D eigenvalue weighted by atomic mass is 14.6. The lowest BCUT2D eigenvalue weighted by Crippen LogP contribution is -1.58. The molecule has 0 atom stereocenters. The van der Waals surface area contributed by atoms with E-state index in [9.17, 15) is 0 Å². The van der Waals surface area contributed by atoms with E-state index in [1.54, 1.807) is 12.4 Å². The van der Waals surface area contributed by atoms with Crippen molar-refractivity contribution in [3.63, 3.8) is 0 Å². The predicted molar refractivity (Wildman–Crippen MR) is 32.1 cm³/mol. The van der Waals surface area contributed by atoms with Crippen LogP contribution >= 0.6 is 0 Å². The Morgan fingerprint density at radius 2 is 1.57 bits per heavy atom. The summed E-state index contributed by atoms with van der Waals surface area (Å²) in [6, 6.07) is 5.72. The molecule has 1 nitrogen and oxygen atoms in total. The number of aromatic nitrogens is 1. The average Bonchev–Trinajstić information content (AvgIpc) is 1.72. The fourth-order valence-corrected chi connectivity index (χ4v) is 0.313. The second kappa shape index (κ2) is 3.41. The molecule has 0 N–H and O–H groups in total. The Labute approximate surface area is 46.5 Å². The molecule has 1 aromatic heterocycles. The molecule has 7 heavy (non-hydrogen) atoms. The summed E-state index contributed by atoms with van der Waals surface area (Å²) in [5.41, 5.74) is 0. The van der Waals surface area contributed by atoms with Gasteiger partial charge in [0.25, 0.3) is 0 Å². The average molecular weight is 91.9 g/mol. The topological polar surface area (TPSA) is 12.9 Å². The Balaban J connectivity index is 0. The second-order valence-electron chi connectivity index (χ2n) is 1.02. The third kappa shape index (κ3) is 1.98. The summed E-state index contributed by atoms with van der Waals surface area (Å²) in [5.74, 6) is 0. The number of hydrogen-bond acceptors (Lipinski definition) is 1. The van der Waals surface area contributed by atoms with Crippen molar-refractivity contribution in [2.75, 3.05) is 0 Å². The van der Waals surface area contributed by atoms with Crippen molar-refractivity contribution in [1.82, 2.24) is 4.98 Å². The Morgan fingerprint density at radius 1 is 1.00 bits per heavy atom. The van der Waals surface area contributed by atoms with Crippen LogP contribution in [-0.4, -0.2) is 13.4 Å². The molecule has 35 valence electrons. The fraction of sp³-hybridized carbons (Fsp3) is 0. The first-order valence-electron chi connectivity index (χ1n) is 1.85. The van der Waals surface area contributed by atoms with E-state index in [1.165, 1.54) is 0 Å². The van der Waals surface area contributed by atoms with Crippen LogP contribution in [0, 0.1) is 0 Å². The van der Waals surface area contributed by atoms with Gasteiger partial charge in [0, 0.05) is 22.2 Å². The highest BCUT2D eigenvalue weighted by Gasteiger charge is 1.58. The maximum Gasteiger partial charge on any atom is 0.0267 e. The van der Waals surface area contributed by atoms with Crippen molar-refractivity contribution in [3.05, 3.63) is 30.6 Å². The molecule has 0 bridgehead atoms. The van der Waals surface area contributed by atoms with Gasteiger partial charge in [-0.3, -0.25) is 4.98 Å². The van der Waals surface area contributed by atoms with E-state index in [4.69, 9.17) is 0 Å². The van der Waals surface area contributed by atoms with Gasteiger partial charge in [0.05, 0.1) is 0 Å². The molecule has 0 aliphatic heterocycles. The van der Waals surface area contributed by atoms with Gasteiger partial charge in [-0.05, 0) is 12.1 Å². The van der Waals surface area contributed by atoms with Gasteiger partial charge in [-0.2, -0.15) is 0 Å². The smallest absolute Gasteiger partial charge is 0.0267 e. The number of nitrogens with zero attached hydrogens (tertiary/aromatic N) is 1. The van der Waals surface area contributed by atoms with Gasteiger partial charge in [-0.1, -0.05) is 6.07 Å². The maximum absolute atomic E-state index is 3.78. The lowest BCUT2D eigenvalue weighted by molar-refractivity contribution is 1.33. The third-order valence-electron chi connectivity index (χ3n) is 0.566. The maximum atomic E-state index is 3.78. The zero-order valence-electron chi connectivity index (χ0n) is 3.91. The molecule has 1 aromatic rings. The normalized spacial score (nSPS) is 6.86. The van der Waals surface area contributed by atoms with E-state index in [2.05, 4.69) is 4.98 Å². The molecule has 0 fully saturated rings. The van der Waals surface area contributed by atoms with E-state index >= 15 is 0 Å². The van der Waals surface area contributed by atoms with E-state index in [0.29, 0.717) is 0 Å². The zero-order valence-corrected chi connectivity index (χ0v) is 3.91. The molecule has 3 radical (unpaired) electrons.